The number of nitrogens with two attached hydrogens (primary N) is 1. The summed E-state index contributed by atoms with van der Waals surface area (Å²) in [7, 11) is 1.59. The number of carbonyl (C=O) groups is 1. The SMILES string of the molecule is COCCNC(=O)C1(N)CCOC1. The van der Waals surface area contributed by atoms with E-state index in [9.17, 15) is 4.79 Å². The van der Waals surface area contributed by atoms with E-state index in [-0.39, 0.29) is 5.91 Å². The smallest absolute Gasteiger partial charge is 0.242 e. The molecule has 5 heteroatoms. The van der Waals surface area contributed by atoms with Gasteiger partial charge in [0.15, 0.2) is 0 Å². The molecule has 76 valence electrons. The fraction of sp³-hybridized carbons (Fsp3) is 0.875. The van der Waals surface area contributed by atoms with Gasteiger partial charge in [-0.1, -0.05) is 0 Å². The van der Waals surface area contributed by atoms with Crippen molar-refractivity contribution in [3.05, 3.63) is 0 Å². The Labute approximate surface area is 77.6 Å². The summed E-state index contributed by atoms with van der Waals surface area (Å²) < 4.78 is 9.87. The zero-order chi connectivity index (χ0) is 9.73. The fourth-order valence-corrected chi connectivity index (χ4v) is 1.20. The van der Waals surface area contributed by atoms with Crippen molar-refractivity contribution in [2.24, 2.45) is 5.73 Å². The van der Waals surface area contributed by atoms with Gasteiger partial charge >= 0.3 is 0 Å². The van der Waals surface area contributed by atoms with Crippen LogP contribution in [0.5, 0.6) is 0 Å². The van der Waals surface area contributed by atoms with Crippen LogP contribution in [0.2, 0.25) is 0 Å². The van der Waals surface area contributed by atoms with Gasteiger partial charge in [-0.05, 0) is 6.42 Å². The molecule has 0 aliphatic carbocycles. The van der Waals surface area contributed by atoms with E-state index in [4.69, 9.17) is 15.2 Å². The van der Waals surface area contributed by atoms with Gasteiger partial charge in [0.1, 0.15) is 5.54 Å². The standard InChI is InChI=1S/C8H16N2O3/c1-12-5-3-10-7(11)8(9)2-4-13-6-8/h2-6,9H2,1H3,(H,10,11). The third-order valence-corrected chi connectivity index (χ3v) is 2.10. The minimum Gasteiger partial charge on any atom is -0.383 e. The van der Waals surface area contributed by atoms with Crippen LogP contribution in [-0.2, 0) is 14.3 Å². The van der Waals surface area contributed by atoms with Gasteiger partial charge in [0.25, 0.3) is 0 Å². The Balaban J connectivity index is 2.29. The van der Waals surface area contributed by atoms with Crippen LogP contribution in [-0.4, -0.2) is 44.9 Å². The molecular weight excluding hydrogens is 172 g/mol. The highest BCUT2D eigenvalue weighted by molar-refractivity contribution is 5.86. The Bertz CT molecular complexity index is 178. The summed E-state index contributed by atoms with van der Waals surface area (Å²) >= 11 is 0. The molecule has 0 aromatic rings. The number of amides is 1. The normalized spacial score (nSPS) is 27.5. The number of methoxy groups -OCH3 is 1. The average Bonchev–Trinajstić information content (AvgIpc) is 2.54. The fourth-order valence-electron chi connectivity index (χ4n) is 1.20. The molecule has 0 aromatic heterocycles. The van der Waals surface area contributed by atoms with Crippen molar-refractivity contribution >= 4 is 5.91 Å². The predicted octanol–water partition coefficient (Wildman–Crippen LogP) is -1.13. The molecule has 5 nitrogen and oxygen atoms in total. The van der Waals surface area contributed by atoms with Crippen molar-refractivity contribution in [1.29, 1.82) is 0 Å². The van der Waals surface area contributed by atoms with Crippen LogP contribution in [0.3, 0.4) is 0 Å². The quantitative estimate of drug-likeness (QED) is 0.547. The molecule has 0 spiro atoms. The second-order valence-corrected chi connectivity index (χ2v) is 3.21. The molecule has 3 N–H and O–H groups in total. The molecule has 1 aliphatic heterocycles. The predicted molar refractivity (Wildman–Crippen MR) is 47.2 cm³/mol. The van der Waals surface area contributed by atoms with Crippen molar-refractivity contribution in [3.8, 4) is 0 Å². The van der Waals surface area contributed by atoms with Crippen LogP contribution in [0.25, 0.3) is 0 Å². The van der Waals surface area contributed by atoms with Gasteiger partial charge in [0, 0.05) is 20.3 Å². The molecule has 13 heavy (non-hydrogen) atoms. The first-order chi connectivity index (χ1) is 6.19. The summed E-state index contributed by atoms with van der Waals surface area (Å²) in [6.45, 7) is 1.87. The van der Waals surface area contributed by atoms with E-state index >= 15 is 0 Å². The summed E-state index contributed by atoms with van der Waals surface area (Å²) in [6.07, 6.45) is 0.589. The van der Waals surface area contributed by atoms with Crippen molar-refractivity contribution in [2.75, 3.05) is 33.5 Å². The van der Waals surface area contributed by atoms with E-state index in [1.807, 2.05) is 0 Å². The zero-order valence-electron chi connectivity index (χ0n) is 7.84. The third kappa shape index (κ3) is 2.65. The van der Waals surface area contributed by atoms with Crippen LogP contribution in [0.1, 0.15) is 6.42 Å². The number of hydrogen-bond donors (Lipinski definition) is 2. The van der Waals surface area contributed by atoms with Gasteiger partial charge in [0.05, 0.1) is 13.2 Å². The first kappa shape index (κ1) is 10.4. The van der Waals surface area contributed by atoms with Gasteiger partial charge in [-0.3, -0.25) is 4.79 Å². The number of nitrogens with one attached hydrogen (secondary N) is 1. The van der Waals surface area contributed by atoms with Gasteiger partial charge in [-0.25, -0.2) is 0 Å². The minimum atomic E-state index is -0.826. The molecule has 0 saturated carbocycles. The van der Waals surface area contributed by atoms with Gasteiger partial charge in [-0.2, -0.15) is 0 Å². The number of ether oxygens (including phenoxy) is 2. The highest BCUT2D eigenvalue weighted by atomic mass is 16.5. The van der Waals surface area contributed by atoms with E-state index < -0.39 is 5.54 Å². The summed E-state index contributed by atoms with van der Waals surface area (Å²) in [5.41, 5.74) is 4.98. The summed E-state index contributed by atoms with van der Waals surface area (Å²) in [6, 6.07) is 0. The lowest BCUT2D eigenvalue weighted by Crippen LogP contribution is -2.55. The summed E-state index contributed by atoms with van der Waals surface area (Å²) in [5, 5.41) is 2.70. The topological polar surface area (TPSA) is 73.6 Å². The van der Waals surface area contributed by atoms with Crippen molar-refractivity contribution in [1.82, 2.24) is 5.32 Å². The number of hydrogen-bond acceptors (Lipinski definition) is 4. The van der Waals surface area contributed by atoms with Gasteiger partial charge in [0.2, 0.25) is 5.91 Å². The lowest BCUT2D eigenvalue weighted by Gasteiger charge is -2.20. The van der Waals surface area contributed by atoms with E-state index in [2.05, 4.69) is 5.32 Å². The van der Waals surface area contributed by atoms with E-state index in [1.54, 1.807) is 7.11 Å². The number of carbonyl (C=O) groups excluding carboxylic acids is 1. The maximum Gasteiger partial charge on any atom is 0.242 e. The van der Waals surface area contributed by atoms with Crippen LogP contribution >= 0.6 is 0 Å². The van der Waals surface area contributed by atoms with E-state index in [0.29, 0.717) is 32.8 Å². The lowest BCUT2D eigenvalue weighted by molar-refractivity contribution is -0.126. The van der Waals surface area contributed by atoms with Crippen molar-refractivity contribution < 1.29 is 14.3 Å². The molecule has 1 amide bonds. The molecule has 0 aromatic carbocycles. The molecule has 1 aliphatic rings. The Morgan fingerprint density at radius 1 is 1.77 bits per heavy atom. The second-order valence-electron chi connectivity index (χ2n) is 3.21. The van der Waals surface area contributed by atoms with Crippen LogP contribution in [0.15, 0.2) is 0 Å². The third-order valence-electron chi connectivity index (χ3n) is 2.10. The first-order valence-electron chi connectivity index (χ1n) is 4.33. The highest BCUT2D eigenvalue weighted by Gasteiger charge is 2.37. The average molecular weight is 188 g/mol. The van der Waals surface area contributed by atoms with Crippen molar-refractivity contribution in [2.45, 2.75) is 12.0 Å². The highest BCUT2D eigenvalue weighted by Crippen LogP contribution is 2.14. The van der Waals surface area contributed by atoms with E-state index in [0.717, 1.165) is 0 Å². The van der Waals surface area contributed by atoms with Crippen LogP contribution < -0.4 is 11.1 Å². The molecule has 1 unspecified atom stereocenters. The molecular formula is C8H16N2O3. The molecule has 1 atom stereocenters. The summed E-state index contributed by atoms with van der Waals surface area (Å²) in [4.78, 5) is 11.5. The van der Waals surface area contributed by atoms with Gasteiger partial charge in [-0.15, -0.1) is 0 Å². The molecule has 1 saturated heterocycles. The Morgan fingerprint density at radius 2 is 2.54 bits per heavy atom. The van der Waals surface area contributed by atoms with Gasteiger partial charge < -0.3 is 20.5 Å². The maximum absolute atomic E-state index is 11.5. The van der Waals surface area contributed by atoms with Crippen LogP contribution in [0.4, 0.5) is 0 Å². The molecule has 0 bridgehead atoms. The van der Waals surface area contributed by atoms with Crippen LogP contribution in [0, 0.1) is 0 Å². The molecule has 1 rings (SSSR count). The number of rotatable bonds is 4. The lowest BCUT2D eigenvalue weighted by atomic mass is 9.99. The Hall–Kier alpha value is -0.650. The second kappa shape index (κ2) is 4.55. The largest absolute Gasteiger partial charge is 0.383 e. The van der Waals surface area contributed by atoms with Crippen molar-refractivity contribution in [3.63, 3.8) is 0 Å². The Morgan fingerprint density at radius 3 is 3.08 bits per heavy atom. The minimum absolute atomic E-state index is 0.151. The summed E-state index contributed by atoms with van der Waals surface area (Å²) in [5.74, 6) is -0.151. The first-order valence-corrected chi connectivity index (χ1v) is 4.33. The zero-order valence-corrected chi connectivity index (χ0v) is 7.84. The molecule has 0 radical (unpaired) electrons. The monoisotopic (exact) mass is 188 g/mol. The molecule has 1 heterocycles. The Kier molecular flexibility index (Phi) is 3.65. The molecule has 1 fully saturated rings. The maximum atomic E-state index is 11.5. The van der Waals surface area contributed by atoms with E-state index in [1.165, 1.54) is 0 Å².